The van der Waals surface area contributed by atoms with Crippen LogP contribution in [0.2, 0.25) is 0 Å². The molecule has 0 saturated carbocycles. The number of aliphatic hydroxyl groups is 1. The number of pyridine rings is 2. The summed E-state index contributed by atoms with van der Waals surface area (Å²) in [6, 6.07) is 10.2. The quantitative estimate of drug-likeness (QED) is 0.172. The molecule has 10 nitrogen and oxygen atoms in total. The highest BCUT2D eigenvalue weighted by Gasteiger charge is 2.31. The number of anilines is 1. The van der Waals surface area contributed by atoms with E-state index in [1.807, 2.05) is 4.90 Å². The van der Waals surface area contributed by atoms with Crippen LogP contribution in [0.4, 0.5) is 5.69 Å². The van der Waals surface area contributed by atoms with Gasteiger partial charge in [0, 0.05) is 49.5 Å². The van der Waals surface area contributed by atoms with Gasteiger partial charge in [-0.05, 0) is 12.1 Å². The number of esters is 1. The van der Waals surface area contributed by atoms with E-state index in [2.05, 4.69) is 11.6 Å². The number of methoxy groups -OCH3 is 1. The van der Waals surface area contributed by atoms with Crippen molar-refractivity contribution in [3.05, 3.63) is 94.8 Å². The Labute approximate surface area is 212 Å². The molecule has 1 amide bonds. The Kier molecular flexibility index (Phi) is 7.47. The summed E-state index contributed by atoms with van der Waals surface area (Å²) in [6.07, 6.45) is 5.59. The fourth-order valence-electron chi connectivity index (χ4n) is 4.39. The molecule has 1 aliphatic heterocycles. The summed E-state index contributed by atoms with van der Waals surface area (Å²) in [7, 11) is 1.18. The highest BCUT2D eigenvalue weighted by Crippen LogP contribution is 2.30. The summed E-state index contributed by atoms with van der Waals surface area (Å²) in [5, 5.41) is 10.4. The molecular formula is C27H26N4O6. The minimum absolute atomic E-state index is 0.210. The molecular weight excluding hydrogens is 476 g/mol. The molecule has 1 saturated heterocycles. The van der Waals surface area contributed by atoms with E-state index in [0.29, 0.717) is 22.2 Å². The number of hydrogen-bond acceptors (Lipinski definition) is 8. The topological polar surface area (TPSA) is 122 Å². The number of fused-ring (bicyclic) bond motifs is 1. The molecule has 1 fully saturated rings. The van der Waals surface area contributed by atoms with Gasteiger partial charge in [0.2, 0.25) is 0 Å². The molecule has 0 aliphatic carbocycles. The van der Waals surface area contributed by atoms with Crippen molar-refractivity contribution in [1.29, 1.82) is 0 Å². The molecule has 1 N–H and O–H groups in total. The Morgan fingerprint density at radius 3 is 2.46 bits per heavy atom. The number of hydrogen-bond donors (Lipinski definition) is 1. The van der Waals surface area contributed by atoms with E-state index < -0.39 is 23.2 Å². The number of Topliss-reactive ketones (excluding diaryl/α,β-unsaturated/α-hetero) is 1. The lowest BCUT2D eigenvalue weighted by molar-refractivity contribution is -0.130. The third-order valence-corrected chi connectivity index (χ3v) is 6.20. The van der Waals surface area contributed by atoms with Crippen molar-refractivity contribution in [2.45, 2.75) is 6.54 Å². The van der Waals surface area contributed by atoms with Crippen molar-refractivity contribution in [2.75, 3.05) is 38.2 Å². The number of nitrogens with zero attached hydrogens (tertiary/aromatic N) is 4. The zero-order valence-corrected chi connectivity index (χ0v) is 20.3. The molecule has 37 heavy (non-hydrogen) atoms. The number of aromatic nitrogens is 2. The second-order valence-corrected chi connectivity index (χ2v) is 8.36. The predicted molar refractivity (Wildman–Crippen MR) is 138 cm³/mol. The zero-order valence-electron chi connectivity index (χ0n) is 20.3. The average Bonchev–Trinajstić information content (AvgIpc) is 2.94. The van der Waals surface area contributed by atoms with Crippen LogP contribution in [0.1, 0.15) is 20.7 Å². The summed E-state index contributed by atoms with van der Waals surface area (Å²) >= 11 is 0. The van der Waals surface area contributed by atoms with Gasteiger partial charge in [-0.15, -0.1) is 0 Å². The number of aliphatic hydroxyl groups excluding tert-OH is 1. The number of rotatable bonds is 7. The molecule has 1 aromatic carbocycles. The van der Waals surface area contributed by atoms with E-state index in [1.54, 1.807) is 36.4 Å². The van der Waals surface area contributed by atoms with Crippen molar-refractivity contribution < 1.29 is 24.2 Å². The number of carbonyl (C=O) groups excluding carboxylic acids is 3. The van der Waals surface area contributed by atoms with E-state index in [0.717, 1.165) is 0 Å². The van der Waals surface area contributed by atoms with Gasteiger partial charge in [-0.2, -0.15) is 0 Å². The third-order valence-electron chi connectivity index (χ3n) is 6.20. The zero-order chi connectivity index (χ0) is 26.5. The third kappa shape index (κ3) is 4.99. The molecule has 4 rings (SSSR count). The van der Waals surface area contributed by atoms with E-state index in [-0.39, 0.29) is 44.1 Å². The Morgan fingerprint density at radius 1 is 1.11 bits per heavy atom. The largest absolute Gasteiger partial charge is 0.503 e. The Bertz CT molecular complexity index is 1450. The van der Waals surface area contributed by atoms with Crippen molar-refractivity contribution in [3.63, 3.8) is 0 Å². The van der Waals surface area contributed by atoms with Crippen LogP contribution in [0, 0.1) is 0 Å². The highest BCUT2D eigenvalue weighted by atomic mass is 16.5. The van der Waals surface area contributed by atoms with E-state index in [4.69, 9.17) is 4.74 Å². The minimum atomic E-state index is -0.836. The number of piperazine rings is 1. The maximum absolute atomic E-state index is 13.7. The van der Waals surface area contributed by atoms with Crippen LogP contribution >= 0.6 is 0 Å². The van der Waals surface area contributed by atoms with E-state index >= 15 is 0 Å². The SMILES string of the molecule is C=C/C=C(\O)C(=O)N1CCN(c2c(C(=O)OC)c(=O)n(CC(=O)c3ccccc3)c3ccncc23)CC1. The lowest BCUT2D eigenvalue weighted by Gasteiger charge is -2.37. The fraction of sp³-hybridized carbons (Fsp3) is 0.222. The van der Waals surface area contributed by atoms with Crippen LogP contribution in [-0.2, 0) is 16.1 Å². The summed E-state index contributed by atoms with van der Waals surface area (Å²) in [4.78, 5) is 59.5. The summed E-state index contributed by atoms with van der Waals surface area (Å²) in [6.45, 7) is 4.26. The van der Waals surface area contributed by atoms with Crippen molar-refractivity contribution >= 4 is 34.3 Å². The smallest absolute Gasteiger partial charge is 0.345 e. The Hall–Kier alpha value is -4.73. The van der Waals surface area contributed by atoms with Gasteiger partial charge in [-0.1, -0.05) is 43.0 Å². The molecule has 0 atom stereocenters. The van der Waals surface area contributed by atoms with Gasteiger partial charge in [0.05, 0.1) is 24.9 Å². The van der Waals surface area contributed by atoms with Crippen LogP contribution in [0.25, 0.3) is 10.9 Å². The average molecular weight is 503 g/mol. The molecule has 190 valence electrons. The van der Waals surface area contributed by atoms with Gasteiger partial charge in [0.1, 0.15) is 5.56 Å². The lowest BCUT2D eigenvalue weighted by atomic mass is 10.1. The molecule has 0 spiro atoms. The highest BCUT2D eigenvalue weighted by molar-refractivity contribution is 6.06. The first-order valence-electron chi connectivity index (χ1n) is 11.6. The number of amides is 1. The van der Waals surface area contributed by atoms with Crippen LogP contribution in [0.15, 0.2) is 78.1 Å². The summed E-state index contributed by atoms with van der Waals surface area (Å²) < 4.78 is 6.22. The molecule has 2 aromatic heterocycles. The first kappa shape index (κ1) is 25.4. The van der Waals surface area contributed by atoms with Crippen molar-refractivity contribution in [1.82, 2.24) is 14.5 Å². The van der Waals surface area contributed by atoms with Gasteiger partial charge in [0.25, 0.3) is 11.5 Å². The van der Waals surface area contributed by atoms with Gasteiger partial charge in [-0.25, -0.2) is 4.79 Å². The number of carbonyl (C=O) groups is 3. The molecule has 3 aromatic rings. The molecule has 0 radical (unpaired) electrons. The van der Waals surface area contributed by atoms with Gasteiger partial charge in [0.15, 0.2) is 11.5 Å². The van der Waals surface area contributed by atoms with Crippen molar-refractivity contribution in [2.24, 2.45) is 0 Å². The van der Waals surface area contributed by atoms with Gasteiger partial charge in [-0.3, -0.25) is 23.9 Å². The number of ether oxygens (including phenoxy) is 1. The standard InChI is InChI=1S/C27H26N4O6/c1-3-7-21(32)25(34)30-14-12-29(13-15-30)24-19-16-28-11-10-20(19)31(26(35)23(24)27(36)37-2)17-22(33)18-8-5-4-6-9-18/h3-11,16,32H,1,12-15,17H2,2H3/b21-7-. The monoisotopic (exact) mass is 502 g/mol. The second-order valence-electron chi connectivity index (χ2n) is 8.36. The first-order chi connectivity index (χ1) is 17.9. The number of benzene rings is 1. The lowest BCUT2D eigenvalue weighted by Crippen LogP contribution is -2.50. The normalized spacial score (nSPS) is 13.9. The molecule has 0 bridgehead atoms. The van der Waals surface area contributed by atoms with Crippen molar-refractivity contribution in [3.8, 4) is 0 Å². The summed E-state index contributed by atoms with van der Waals surface area (Å²) in [5.74, 6) is -2.08. The van der Waals surface area contributed by atoms with Gasteiger partial charge < -0.3 is 19.6 Å². The molecule has 10 heteroatoms. The number of ketones is 1. The summed E-state index contributed by atoms with van der Waals surface area (Å²) in [5.41, 5.74) is 0.348. The van der Waals surface area contributed by atoms with E-state index in [9.17, 15) is 24.3 Å². The maximum atomic E-state index is 13.7. The first-order valence-corrected chi connectivity index (χ1v) is 11.6. The Morgan fingerprint density at radius 2 is 1.81 bits per heavy atom. The van der Waals surface area contributed by atoms with Gasteiger partial charge >= 0.3 is 5.97 Å². The Balaban J connectivity index is 1.77. The maximum Gasteiger partial charge on any atom is 0.345 e. The van der Waals surface area contributed by atoms with Crippen LogP contribution in [-0.4, -0.2) is 70.5 Å². The number of allylic oxidation sites excluding steroid dienone is 2. The van der Waals surface area contributed by atoms with Crippen LogP contribution < -0.4 is 10.5 Å². The molecule has 3 heterocycles. The van der Waals surface area contributed by atoms with E-state index in [1.165, 1.54) is 41.1 Å². The minimum Gasteiger partial charge on any atom is -0.503 e. The predicted octanol–water partition coefficient (Wildman–Crippen LogP) is 2.34. The second kappa shape index (κ2) is 10.9. The van der Waals surface area contributed by atoms with Crippen LogP contribution in [0.3, 0.4) is 0 Å². The molecule has 0 unspecified atom stereocenters. The van der Waals surface area contributed by atoms with Crippen LogP contribution in [0.5, 0.6) is 0 Å². The fourth-order valence-corrected chi connectivity index (χ4v) is 4.39. The molecule has 1 aliphatic rings.